The molecule has 2 aromatic rings. The van der Waals surface area contributed by atoms with Gasteiger partial charge in [0.2, 0.25) is 0 Å². The first kappa shape index (κ1) is 15.1. The van der Waals surface area contributed by atoms with Gasteiger partial charge in [0.15, 0.2) is 0 Å². The molecule has 1 aliphatic heterocycles. The van der Waals surface area contributed by atoms with Gasteiger partial charge in [-0.1, -0.05) is 18.2 Å². The Bertz CT molecular complexity index is 917. The number of aryl methyl sites for hydroxylation is 1. The number of hydrogen-bond donors (Lipinski definition) is 1. The number of sulfonamides is 1. The van der Waals surface area contributed by atoms with Crippen LogP contribution in [0.3, 0.4) is 0 Å². The van der Waals surface area contributed by atoms with Crippen LogP contribution in [0.2, 0.25) is 0 Å². The first-order valence-corrected chi connectivity index (χ1v) is 9.88. The van der Waals surface area contributed by atoms with Gasteiger partial charge in [0.25, 0.3) is 10.0 Å². The van der Waals surface area contributed by atoms with E-state index in [1.54, 1.807) is 6.07 Å². The van der Waals surface area contributed by atoms with Crippen molar-refractivity contribution in [1.82, 2.24) is 4.31 Å². The van der Waals surface area contributed by atoms with Gasteiger partial charge in [0.1, 0.15) is 9.75 Å². The number of nitrogens with zero attached hydrogens (tertiary/aromatic N) is 1. The highest BCUT2D eigenvalue weighted by Crippen LogP contribution is 2.56. The molecule has 1 aromatic heterocycles. The van der Waals surface area contributed by atoms with Crippen molar-refractivity contribution < 1.29 is 18.3 Å². The SMILES string of the molecule is Cc1cccc2cc(S(=O)(=O)N3CCC[C@@H]4C[C@@]43C(=O)O)sc12. The molecule has 1 aromatic carbocycles. The Labute approximate surface area is 138 Å². The molecule has 1 aliphatic carbocycles. The third-order valence-electron chi connectivity index (χ3n) is 5.06. The monoisotopic (exact) mass is 351 g/mol. The minimum Gasteiger partial charge on any atom is -0.480 e. The Kier molecular flexibility index (Phi) is 3.14. The Morgan fingerprint density at radius 3 is 2.91 bits per heavy atom. The number of benzene rings is 1. The molecule has 23 heavy (non-hydrogen) atoms. The topological polar surface area (TPSA) is 74.7 Å². The molecule has 7 heteroatoms. The summed E-state index contributed by atoms with van der Waals surface area (Å²) in [5, 5.41) is 10.5. The van der Waals surface area contributed by atoms with Gasteiger partial charge in [-0.15, -0.1) is 11.3 Å². The Morgan fingerprint density at radius 1 is 1.43 bits per heavy atom. The maximum atomic E-state index is 13.1. The van der Waals surface area contributed by atoms with Crippen LogP contribution in [-0.2, 0) is 14.8 Å². The summed E-state index contributed by atoms with van der Waals surface area (Å²) >= 11 is 1.23. The lowest BCUT2D eigenvalue weighted by Gasteiger charge is -2.31. The number of carbonyl (C=O) groups is 1. The highest BCUT2D eigenvalue weighted by Gasteiger charge is 2.68. The fourth-order valence-corrected chi connectivity index (χ4v) is 7.16. The predicted molar refractivity (Wildman–Crippen MR) is 88.2 cm³/mol. The zero-order valence-corrected chi connectivity index (χ0v) is 14.3. The van der Waals surface area contributed by atoms with Gasteiger partial charge in [-0.3, -0.25) is 4.79 Å². The normalized spacial score (nSPS) is 27.8. The van der Waals surface area contributed by atoms with E-state index in [9.17, 15) is 18.3 Å². The van der Waals surface area contributed by atoms with E-state index in [1.807, 2.05) is 25.1 Å². The summed E-state index contributed by atoms with van der Waals surface area (Å²) in [6, 6.07) is 7.41. The fourth-order valence-electron chi connectivity index (χ4n) is 3.77. The van der Waals surface area contributed by atoms with Crippen LogP contribution in [0, 0.1) is 12.8 Å². The van der Waals surface area contributed by atoms with Crippen LogP contribution in [0.25, 0.3) is 10.1 Å². The molecule has 0 spiro atoms. The van der Waals surface area contributed by atoms with Crippen molar-refractivity contribution in [2.24, 2.45) is 5.92 Å². The van der Waals surface area contributed by atoms with Crippen molar-refractivity contribution in [3.05, 3.63) is 29.8 Å². The summed E-state index contributed by atoms with van der Waals surface area (Å²) in [5.74, 6) is -1.05. The van der Waals surface area contributed by atoms with Crippen molar-refractivity contribution in [2.75, 3.05) is 6.54 Å². The molecule has 122 valence electrons. The van der Waals surface area contributed by atoms with E-state index in [2.05, 4.69) is 0 Å². The maximum Gasteiger partial charge on any atom is 0.325 e. The molecule has 4 rings (SSSR count). The van der Waals surface area contributed by atoms with Gasteiger partial charge in [0.05, 0.1) is 0 Å². The molecule has 5 nitrogen and oxygen atoms in total. The van der Waals surface area contributed by atoms with Gasteiger partial charge >= 0.3 is 5.97 Å². The lowest BCUT2D eigenvalue weighted by Crippen LogP contribution is -2.50. The van der Waals surface area contributed by atoms with Gasteiger partial charge in [-0.05, 0) is 49.1 Å². The van der Waals surface area contributed by atoms with E-state index in [0.717, 1.165) is 28.5 Å². The summed E-state index contributed by atoms with van der Waals surface area (Å²) in [6.45, 7) is 2.24. The lowest BCUT2D eigenvalue weighted by atomic mass is 10.1. The van der Waals surface area contributed by atoms with Gasteiger partial charge in [-0.25, -0.2) is 8.42 Å². The van der Waals surface area contributed by atoms with Gasteiger partial charge in [-0.2, -0.15) is 4.31 Å². The molecule has 0 amide bonds. The predicted octanol–water partition coefficient (Wildman–Crippen LogP) is 2.84. The summed E-state index contributed by atoms with van der Waals surface area (Å²) in [7, 11) is -3.78. The summed E-state index contributed by atoms with van der Waals surface area (Å²) < 4.78 is 28.6. The van der Waals surface area contributed by atoms with Crippen molar-refractivity contribution in [3.63, 3.8) is 0 Å². The highest BCUT2D eigenvalue weighted by atomic mass is 32.2. The van der Waals surface area contributed by atoms with Gasteiger partial charge in [0, 0.05) is 11.2 Å². The van der Waals surface area contributed by atoms with Crippen LogP contribution >= 0.6 is 11.3 Å². The molecule has 2 fully saturated rings. The summed E-state index contributed by atoms with van der Waals surface area (Å²) in [4.78, 5) is 11.7. The van der Waals surface area contributed by atoms with E-state index in [-0.39, 0.29) is 10.1 Å². The van der Waals surface area contributed by atoms with Crippen LogP contribution in [0.4, 0.5) is 0 Å². The molecule has 1 N–H and O–H groups in total. The van der Waals surface area contributed by atoms with E-state index in [1.165, 1.54) is 15.6 Å². The molecular weight excluding hydrogens is 334 g/mol. The number of fused-ring (bicyclic) bond motifs is 2. The Balaban J connectivity index is 1.83. The highest BCUT2D eigenvalue weighted by molar-refractivity contribution is 7.91. The molecule has 0 unspecified atom stereocenters. The standard InChI is InChI=1S/C16H17NO4S2/c1-10-4-2-5-11-8-13(22-14(10)11)23(20,21)17-7-3-6-12-9-16(12,17)15(18)19/h2,4-5,8,12H,3,6-7,9H2,1H3,(H,18,19)/t12-,16+/m1/s1. The smallest absolute Gasteiger partial charge is 0.325 e. The van der Waals surface area contributed by atoms with E-state index in [4.69, 9.17) is 0 Å². The number of piperidine rings is 1. The number of aliphatic carboxylic acids is 1. The maximum absolute atomic E-state index is 13.1. The number of carboxylic acids is 1. The zero-order chi connectivity index (χ0) is 16.4. The molecule has 1 saturated carbocycles. The van der Waals surface area contributed by atoms with Crippen LogP contribution in [0.15, 0.2) is 28.5 Å². The van der Waals surface area contributed by atoms with Crippen LogP contribution in [-0.4, -0.2) is 35.9 Å². The van der Waals surface area contributed by atoms with Crippen molar-refractivity contribution >= 4 is 37.4 Å². The number of rotatable bonds is 3. The minimum atomic E-state index is -3.78. The zero-order valence-electron chi connectivity index (χ0n) is 12.7. The van der Waals surface area contributed by atoms with E-state index >= 15 is 0 Å². The molecule has 0 bridgehead atoms. The first-order valence-electron chi connectivity index (χ1n) is 7.63. The average Bonchev–Trinajstić information content (AvgIpc) is 3.10. The third kappa shape index (κ3) is 2.00. The number of carboxylic acid groups (broad SMARTS) is 1. The Hall–Kier alpha value is -1.44. The molecule has 2 aliphatic rings. The Morgan fingerprint density at radius 2 is 2.22 bits per heavy atom. The first-order chi connectivity index (χ1) is 10.9. The van der Waals surface area contributed by atoms with E-state index < -0.39 is 21.5 Å². The second-order valence-corrected chi connectivity index (χ2v) is 9.55. The minimum absolute atomic E-state index is 0.0420. The molecule has 1 saturated heterocycles. The largest absolute Gasteiger partial charge is 0.480 e. The van der Waals surface area contributed by atoms with Crippen LogP contribution < -0.4 is 0 Å². The molecule has 2 heterocycles. The third-order valence-corrected chi connectivity index (χ3v) is 8.74. The summed E-state index contributed by atoms with van der Waals surface area (Å²) in [5.41, 5.74) is -0.174. The van der Waals surface area contributed by atoms with Crippen LogP contribution in [0.1, 0.15) is 24.8 Å². The quantitative estimate of drug-likeness (QED) is 0.923. The molecule has 0 radical (unpaired) electrons. The van der Waals surface area contributed by atoms with Crippen molar-refractivity contribution in [2.45, 2.75) is 35.9 Å². The second-order valence-electron chi connectivity index (χ2n) is 6.41. The van der Waals surface area contributed by atoms with Crippen molar-refractivity contribution in [3.8, 4) is 0 Å². The molecular formula is C16H17NO4S2. The van der Waals surface area contributed by atoms with E-state index in [0.29, 0.717) is 13.0 Å². The van der Waals surface area contributed by atoms with Crippen LogP contribution in [0.5, 0.6) is 0 Å². The number of hydrogen-bond acceptors (Lipinski definition) is 4. The van der Waals surface area contributed by atoms with Gasteiger partial charge < -0.3 is 5.11 Å². The summed E-state index contributed by atoms with van der Waals surface area (Å²) in [6.07, 6.45) is 1.96. The number of thiophene rings is 1. The van der Waals surface area contributed by atoms with Crippen molar-refractivity contribution in [1.29, 1.82) is 0 Å². The average molecular weight is 351 g/mol. The second kappa shape index (κ2) is 4.78. The lowest BCUT2D eigenvalue weighted by molar-refractivity contribution is -0.144. The fraction of sp³-hybridized carbons (Fsp3) is 0.438. The molecule has 2 atom stereocenters.